The lowest BCUT2D eigenvalue weighted by molar-refractivity contribution is -0.0459. The Morgan fingerprint density at radius 1 is 1.52 bits per heavy atom. The van der Waals surface area contributed by atoms with Crippen LogP contribution in [0.25, 0.3) is 11.2 Å². The number of aliphatic hydroxyl groups is 2. The van der Waals surface area contributed by atoms with Crippen molar-refractivity contribution in [2.75, 3.05) is 6.61 Å². The highest BCUT2D eigenvalue weighted by Crippen LogP contribution is 2.32. The van der Waals surface area contributed by atoms with Crippen molar-refractivity contribution in [1.82, 2.24) is 19.3 Å². The van der Waals surface area contributed by atoms with E-state index in [1.54, 1.807) is 0 Å². The van der Waals surface area contributed by atoms with Crippen LogP contribution in [-0.4, -0.2) is 59.7 Å². The van der Waals surface area contributed by atoms with Gasteiger partial charge in [-0.15, -0.1) is 0 Å². The van der Waals surface area contributed by atoms with E-state index in [-0.39, 0.29) is 22.5 Å². The zero-order valence-corrected chi connectivity index (χ0v) is 11.0. The predicted octanol–water partition coefficient (Wildman–Crippen LogP) is -1.15. The average Bonchev–Trinajstić information content (AvgIpc) is 2.99. The highest BCUT2D eigenvalue weighted by molar-refractivity contribution is 5.69. The number of imidazole rings is 1. The Morgan fingerprint density at radius 3 is 2.86 bits per heavy atom. The molecule has 2 aromatic heterocycles. The lowest BCUT2D eigenvalue weighted by Crippen LogP contribution is -2.30. The van der Waals surface area contributed by atoms with Crippen molar-refractivity contribution in [3.05, 3.63) is 17.6 Å². The van der Waals surface area contributed by atoms with Crippen LogP contribution in [-0.2, 0) is 4.74 Å². The van der Waals surface area contributed by atoms with E-state index in [0.717, 1.165) is 0 Å². The van der Waals surface area contributed by atoms with Gasteiger partial charge < -0.3 is 20.2 Å². The lowest BCUT2D eigenvalue weighted by Gasteiger charge is -2.15. The van der Waals surface area contributed by atoms with Gasteiger partial charge in [0, 0.05) is 0 Å². The molecule has 114 valence electrons. The third-order valence-corrected chi connectivity index (χ3v) is 3.53. The summed E-state index contributed by atoms with van der Waals surface area (Å²) in [6, 6.07) is 0. The second-order valence-corrected chi connectivity index (χ2v) is 4.83. The van der Waals surface area contributed by atoms with E-state index in [2.05, 4.69) is 9.97 Å². The fourth-order valence-corrected chi connectivity index (χ4v) is 2.36. The molecule has 21 heavy (non-hydrogen) atoms. The van der Waals surface area contributed by atoms with Crippen molar-refractivity contribution >= 4 is 11.2 Å². The van der Waals surface area contributed by atoms with Gasteiger partial charge in [0.2, 0.25) is 0 Å². The van der Waals surface area contributed by atoms with Gasteiger partial charge in [0.15, 0.2) is 29.1 Å². The van der Waals surface area contributed by atoms with Crippen LogP contribution in [0, 0.1) is 12.3 Å². The van der Waals surface area contributed by atoms with Gasteiger partial charge in [0.05, 0.1) is 12.9 Å². The average molecular weight is 299 g/mol. The van der Waals surface area contributed by atoms with Crippen LogP contribution in [0.4, 0.5) is 4.39 Å². The van der Waals surface area contributed by atoms with Crippen molar-refractivity contribution in [1.29, 1.82) is 5.41 Å². The zero-order valence-electron chi connectivity index (χ0n) is 11.0. The van der Waals surface area contributed by atoms with E-state index >= 15 is 0 Å². The summed E-state index contributed by atoms with van der Waals surface area (Å²) in [5.41, 5.74) is -0.0639. The Morgan fingerprint density at radius 2 is 2.24 bits per heavy atom. The molecule has 4 atom stereocenters. The van der Waals surface area contributed by atoms with Gasteiger partial charge in [-0.25, -0.2) is 14.4 Å². The molecule has 0 radical (unpaired) electrons. The maximum absolute atomic E-state index is 14.1. The topological polar surface area (TPSA) is 129 Å². The van der Waals surface area contributed by atoms with Crippen LogP contribution in [0.5, 0.6) is 0 Å². The number of nitrogens with zero attached hydrogens (tertiary/aromatic N) is 4. The fourth-order valence-electron chi connectivity index (χ4n) is 2.36. The molecule has 4 unspecified atom stereocenters. The first-order chi connectivity index (χ1) is 9.95. The summed E-state index contributed by atoms with van der Waals surface area (Å²) in [5.74, 6) is 0.127. The maximum atomic E-state index is 14.1. The SMILES string of the molecule is Cc1nc2c(ncn2C2OC(CO)C(O)C2F)c(=N)n1O. The summed E-state index contributed by atoms with van der Waals surface area (Å²) < 4.78 is 21.2. The monoisotopic (exact) mass is 299 g/mol. The third kappa shape index (κ3) is 1.91. The van der Waals surface area contributed by atoms with Crippen molar-refractivity contribution in [2.24, 2.45) is 0 Å². The molecule has 0 aliphatic carbocycles. The molecule has 1 aliphatic rings. The number of aromatic nitrogens is 4. The maximum Gasteiger partial charge on any atom is 0.192 e. The minimum Gasteiger partial charge on any atom is -0.425 e. The molecule has 0 bridgehead atoms. The smallest absolute Gasteiger partial charge is 0.192 e. The third-order valence-electron chi connectivity index (χ3n) is 3.53. The van der Waals surface area contributed by atoms with Crippen LogP contribution < -0.4 is 5.49 Å². The van der Waals surface area contributed by atoms with Gasteiger partial charge in [-0.2, -0.15) is 4.73 Å². The van der Waals surface area contributed by atoms with E-state index < -0.39 is 31.2 Å². The Kier molecular flexibility index (Phi) is 3.15. The van der Waals surface area contributed by atoms with Gasteiger partial charge in [-0.1, -0.05) is 0 Å². The van der Waals surface area contributed by atoms with Gasteiger partial charge in [-0.05, 0) is 6.92 Å². The predicted molar refractivity (Wildman–Crippen MR) is 65.2 cm³/mol. The van der Waals surface area contributed by atoms with Gasteiger partial charge >= 0.3 is 0 Å². The number of ether oxygens (including phenoxy) is 1. The highest BCUT2D eigenvalue weighted by atomic mass is 19.1. The van der Waals surface area contributed by atoms with E-state index in [0.29, 0.717) is 4.73 Å². The molecule has 3 rings (SSSR count). The minimum atomic E-state index is -1.77. The molecule has 1 fully saturated rings. The second kappa shape index (κ2) is 4.76. The number of fused-ring (bicyclic) bond motifs is 1. The molecule has 0 amide bonds. The largest absolute Gasteiger partial charge is 0.425 e. The standard InChI is InChI=1S/C11H14FN5O4/c1-4-15-10-7(9(13)17(4)20)14-3-16(10)11-6(12)8(19)5(2-18)21-11/h3,5-6,8,11,13,18-20H,2H2,1H3. The number of hydrogen-bond acceptors (Lipinski definition) is 7. The number of alkyl halides is 1. The van der Waals surface area contributed by atoms with Gasteiger partial charge in [0.25, 0.3) is 0 Å². The van der Waals surface area contributed by atoms with Crippen molar-refractivity contribution in [3.8, 4) is 0 Å². The molecular formula is C11H14FN5O4. The number of aryl methyl sites for hydroxylation is 1. The molecule has 10 heteroatoms. The summed E-state index contributed by atoms with van der Waals surface area (Å²) >= 11 is 0. The van der Waals surface area contributed by atoms with Crippen molar-refractivity contribution in [3.63, 3.8) is 0 Å². The van der Waals surface area contributed by atoms with Crippen LogP contribution >= 0.6 is 0 Å². The summed E-state index contributed by atoms with van der Waals surface area (Å²) in [6.45, 7) is 0.958. The Balaban J connectivity index is 2.12. The first kappa shape index (κ1) is 13.9. The number of rotatable bonds is 2. The second-order valence-electron chi connectivity index (χ2n) is 4.83. The number of nitrogens with one attached hydrogen (secondary N) is 1. The number of hydrogen-bond donors (Lipinski definition) is 4. The van der Waals surface area contributed by atoms with Crippen LogP contribution in [0.2, 0.25) is 0 Å². The van der Waals surface area contributed by atoms with E-state index in [9.17, 15) is 14.7 Å². The molecule has 1 saturated heterocycles. The van der Waals surface area contributed by atoms with Crippen molar-refractivity contribution < 1.29 is 24.5 Å². The molecule has 3 heterocycles. The molecule has 2 aromatic rings. The van der Waals surface area contributed by atoms with Crippen LogP contribution in [0.15, 0.2) is 6.33 Å². The van der Waals surface area contributed by atoms with E-state index in [1.807, 2.05) is 0 Å². The van der Waals surface area contributed by atoms with Gasteiger partial charge in [-0.3, -0.25) is 9.98 Å². The van der Waals surface area contributed by atoms with Crippen LogP contribution in [0.3, 0.4) is 0 Å². The summed E-state index contributed by atoms with van der Waals surface area (Å²) in [6.07, 6.45) is -4.25. The quantitative estimate of drug-likeness (QED) is 0.518. The molecule has 1 aliphatic heterocycles. The highest BCUT2D eigenvalue weighted by Gasteiger charge is 2.45. The zero-order chi connectivity index (χ0) is 15.3. The molecule has 4 N–H and O–H groups in total. The number of halogens is 1. The Hall–Kier alpha value is -2.04. The molecule has 0 saturated carbocycles. The lowest BCUT2D eigenvalue weighted by atomic mass is 10.1. The summed E-state index contributed by atoms with van der Waals surface area (Å²) in [5, 5.41) is 36.0. The van der Waals surface area contributed by atoms with E-state index in [1.165, 1.54) is 17.8 Å². The summed E-state index contributed by atoms with van der Waals surface area (Å²) in [7, 11) is 0. The Bertz CT molecular complexity index is 744. The number of aliphatic hydroxyl groups excluding tert-OH is 2. The molecular weight excluding hydrogens is 285 g/mol. The molecule has 0 spiro atoms. The first-order valence-electron chi connectivity index (χ1n) is 6.24. The van der Waals surface area contributed by atoms with E-state index in [4.69, 9.17) is 15.3 Å². The Labute approximate surface area is 117 Å². The summed E-state index contributed by atoms with van der Waals surface area (Å²) in [4.78, 5) is 7.97. The fraction of sp³-hybridized carbons (Fsp3) is 0.545. The van der Waals surface area contributed by atoms with Crippen LogP contribution in [0.1, 0.15) is 12.1 Å². The molecule has 9 nitrogen and oxygen atoms in total. The first-order valence-corrected chi connectivity index (χ1v) is 6.24. The van der Waals surface area contributed by atoms with Gasteiger partial charge in [0.1, 0.15) is 18.0 Å². The minimum absolute atomic E-state index is 0.0702. The van der Waals surface area contributed by atoms with Crippen molar-refractivity contribution in [2.45, 2.75) is 31.5 Å². The normalized spacial score (nSPS) is 29.3. The molecule has 0 aromatic carbocycles.